The summed E-state index contributed by atoms with van der Waals surface area (Å²) in [5.74, 6) is 1.87. The Hall–Kier alpha value is -4.30. The van der Waals surface area contributed by atoms with E-state index in [0.717, 1.165) is 44.6 Å². The Kier molecular flexibility index (Phi) is 4.22. The minimum absolute atomic E-state index is 0.109. The summed E-state index contributed by atoms with van der Waals surface area (Å²) in [6.45, 7) is 4.53. The zero-order chi connectivity index (χ0) is 23.6. The van der Waals surface area contributed by atoms with Gasteiger partial charge >= 0.3 is 0 Å². The number of ether oxygens (including phenoxy) is 1. The molecule has 0 saturated carbocycles. The van der Waals surface area contributed by atoms with Gasteiger partial charge in [0.1, 0.15) is 22.7 Å². The Morgan fingerprint density at radius 2 is 1.26 bits per heavy atom. The second-order valence-electron chi connectivity index (χ2n) is 9.79. The highest BCUT2D eigenvalue weighted by molar-refractivity contribution is 6.12. The molecule has 0 spiro atoms. The Balaban J connectivity index is 1.35. The fourth-order valence-corrected chi connectivity index (χ4v) is 5.52. The molecule has 0 amide bonds. The van der Waals surface area contributed by atoms with Crippen molar-refractivity contribution < 1.29 is 9.15 Å². The second kappa shape index (κ2) is 7.35. The first-order chi connectivity index (χ1) is 17.1. The van der Waals surface area contributed by atoms with Crippen LogP contribution in [0.3, 0.4) is 0 Å². The molecule has 5 aromatic carbocycles. The van der Waals surface area contributed by atoms with Crippen LogP contribution in [0.25, 0.3) is 44.2 Å². The SMILES string of the molecule is CC1(C)c2ccccc2Oc2cc(-c3cccc(-c4cccc5oc6ccccc6c45)c3)ccc21. The third-order valence-electron chi connectivity index (χ3n) is 7.34. The summed E-state index contributed by atoms with van der Waals surface area (Å²) in [5.41, 5.74) is 8.82. The average Bonchev–Trinajstić information content (AvgIpc) is 3.27. The minimum atomic E-state index is -0.109. The maximum absolute atomic E-state index is 6.37. The van der Waals surface area contributed by atoms with E-state index in [4.69, 9.17) is 9.15 Å². The van der Waals surface area contributed by atoms with E-state index >= 15 is 0 Å². The molecule has 0 N–H and O–H groups in total. The summed E-state index contributed by atoms with van der Waals surface area (Å²) in [5, 5.41) is 2.30. The molecule has 0 saturated heterocycles. The van der Waals surface area contributed by atoms with Crippen molar-refractivity contribution in [3.8, 4) is 33.8 Å². The van der Waals surface area contributed by atoms with E-state index in [1.165, 1.54) is 22.3 Å². The van der Waals surface area contributed by atoms with Gasteiger partial charge in [-0.3, -0.25) is 0 Å². The van der Waals surface area contributed by atoms with Crippen LogP contribution in [0.15, 0.2) is 114 Å². The Bertz CT molecular complexity index is 1750. The van der Waals surface area contributed by atoms with Gasteiger partial charge in [-0.15, -0.1) is 0 Å². The van der Waals surface area contributed by atoms with Crippen molar-refractivity contribution in [3.05, 3.63) is 120 Å². The van der Waals surface area contributed by atoms with Crippen LogP contribution < -0.4 is 4.74 Å². The van der Waals surface area contributed by atoms with Gasteiger partial charge in [-0.25, -0.2) is 0 Å². The standard InChI is InChI=1S/C33H24O2/c1-33(2)26-13-4-6-15-29(26)35-31-20-22(17-18-27(31)33)21-9-7-10-23(19-21)24-12-8-16-30-32(24)25-11-3-5-14-28(25)34-30/h3-20H,1-2H3. The van der Waals surface area contributed by atoms with Crippen molar-refractivity contribution in [2.24, 2.45) is 0 Å². The summed E-state index contributed by atoms with van der Waals surface area (Å²) in [4.78, 5) is 0. The maximum Gasteiger partial charge on any atom is 0.136 e. The molecule has 35 heavy (non-hydrogen) atoms. The molecule has 1 aromatic heterocycles. The highest BCUT2D eigenvalue weighted by Gasteiger charge is 2.34. The summed E-state index contributed by atoms with van der Waals surface area (Å²) in [7, 11) is 0. The molecular formula is C33H24O2. The molecule has 6 aromatic rings. The molecule has 2 nitrogen and oxygen atoms in total. The Morgan fingerprint density at radius 1 is 0.543 bits per heavy atom. The third kappa shape index (κ3) is 3.03. The summed E-state index contributed by atoms with van der Waals surface area (Å²) < 4.78 is 12.5. The van der Waals surface area contributed by atoms with Crippen molar-refractivity contribution in [1.29, 1.82) is 0 Å². The zero-order valence-electron chi connectivity index (χ0n) is 19.7. The molecule has 7 rings (SSSR count). The van der Waals surface area contributed by atoms with E-state index in [1.807, 2.05) is 24.3 Å². The van der Waals surface area contributed by atoms with Crippen LogP contribution in [0.1, 0.15) is 25.0 Å². The van der Waals surface area contributed by atoms with Gasteiger partial charge < -0.3 is 9.15 Å². The topological polar surface area (TPSA) is 22.4 Å². The summed E-state index contributed by atoms with van der Waals surface area (Å²) in [6.07, 6.45) is 0. The van der Waals surface area contributed by atoms with Gasteiger partial charge in [0, 0.05) is 27.3 Å². The van der Waals surface area contributed by atoms with E-state index < -0.39 is 0 Å². The largest absolute Gasteiger partial charge is 0.457 e. The molecular weight excluding hydrogens is 428 g/mol. The molecule has 0 radical (unpaired) electrons. The van der Waals surface area contributed by atoms with Crippen molar-refractivity contribution in [2.45, 2.75) is 19.3 Å². The number of furan rings is 1. The Morgan fingerprint density at radius 3 is 2.20 bits per heavy atom. The van der Waals surface area contributed by atoms with Gasteiger partial charge in [0.2, 0.25) is 0 Å². The fourth-order valence-electron chi connectivity index (χ4n) is 5.52. The molecule has 2 heterocycles. The number of hydrogen-bond donors (Lipinski definition) is 0. The molecule has 1 aliphatic rings. The van der Waals surface area contributed by atoms with Crippen LogP contribution >= 0.6 is 0 Å². The van der Waals surface area contributed by atoms with Gasteiger partial charge in [0.15, 0.2) is 0 Å². The number of fused-ring (bicyclic) bond motifs is 5. The van der Waals surface area contributed by atoms with Crippen molar-refractivity contribution in [2.75, 3.05) is 0 Å². The second-order valence-corrected chi connectivity index (χ2v) is 9.79. The van der Waals surface area contributed by atoms with E-state index in [-0.39, 0.29) is 5.41 Å². The number of hydrogen-bond acceptors (Lipinski definition) is 2. The van der Waals surface area contributed by atoms with E-state index in [2.05, 4.69) is 98.8 Å². The lowest BCUT2D eigenvalue weighted by molar-refractivity contribution is 0.418. The highest BCUT2D eigenvalue weighted by atomic mass is 16.5. The lowest BCUT2D eigenvalue weighted by Gasteiger charge is -2.34. The first-order valence-electron chi connectivity index (χ1n) is 12.0. The average molecular weight is 453 g/mol. The first kappa shape index (κ1) is 20.1. The predicted octanol–water partition coefficient (Wildman–Crippen LogP) is 9.35. The van der Waals surface area contributed by atoms with Crippen LogP contribution in [-0.4, -0.2) is 0 Å². The van der Waals surface area contributed by atoms with Crippen molar-refractivity contribution in [1.82, 2.24) is 0 Å². The first-order valence-corrected chi connectivity index (χ1v) is 12.0. The number of rotatable bonds is 2. The summed E-state index contributed by atoms with van der Waals surface area (Å²) >= 11 is 0. The van der Waals surface area contributed by atoms with Crippen LogP contribution in [0.4, 0.5) is 0 Å². The lowest BCUT2D eigenvalue weighted by atomic mass is 9.75. The van der Waals surface area contributed by atoms with E-state index in [9.17, 15) is 0 Å². The molecule has 0 fully saturated rings. The minimum Gasteiger partial charge on any atom is -0.457 e. The smallest absolute Gasteiger partial charge is 0.136 e. The third-order valence-corrected chi connectivity index (χ3v) is 7.34. The highest BCUT2D eigenvalue weighted by Crippen LogP contribution is 2.48. The fraction of sp³-hybridized carbons (Fsp3) is 0.0909. The molecule has 0 aliphatic carbocycles. The number of benzene rings is 5. The maximum atomic E-state index is 6.37. The van der Waals surface area contributed by atoms with Gasteiger partial charge in [0.05, 0.1) is 0 Å². The zero-order valence-corrected chi connectivity index (χ0v) is 19.7. The van der Waals surface area contributed by atoms with E-state index in [1.54, 1.807) is 0 Å². The molecule has 0 bridgehead atoms. The predicted molar refractivity (Wildman–Crippen MR) is 143 cm³/mol. The van der Waals surface area contributed by atoms with Gasteiger partial charge in [-0.1, -0.05) is 92.7 Å². The monoisotopic (exact) mass is 452 g/mol. The van der Waals surface area contributed by atoms with E-state index in [0.29, 0.717) is 0 Å². The lowest BCUT2D eigenvalue weighted by Crippen LogP contribution is -2.24. The molecule has 0 atom stereocenters. The van der Waals surface area contributed by atoms with Gasteiger partial charge in [-0.2, -0.15) is 0 Å². The molecule has 0 unspecified atom stereocenters. The van der Waals surface area contributed by atoms with Crippen molar-refractivity contribution in [3.63, 3.8) is 0 Å². The van der Waals surface area contributed by atoms with Gasteiger partial charge in [-0.05, 0) is 52.6 Å². The van der Waals surface area contributed by atoms with Crippen LogP contribution in [-0.2, 0) is 5.41 Å². The quantitative estimate of drug-likeness (QED) is 0.261. The van der Waals surface area contributed by atoms with Crippen LogP contribution in [0.2, 0.25) is 0 Å². The normalized spacial score (nSPS) is 13.9. The van der Waals surface area contributed by atoms with Gasteiger partial charge in [0.25, 0.3) is 0 Å². The van der Waals surface area contributed by atoms with Crippen LogP contribution in [0.5, 0.6) is 11.5 Å². The van der Waals surface area contributed by atoms with Crippen molar-refractivity contribution >= 4 is 21.9 Å². The Labute approximate surface area is 204 Å². The number of para-hydroxylation sites is 2. The molecule has 2 heteroatoms. The molecule has 168 valence electrons. The summed E-state index contributed by atoms with van der Waals surface area (Å²) in [6, 6.07) is 38.2. The molecule has 1 aliphatic heterocycles. The van der Waals surface area contributed by atoms with Crippen LogP contribution in [0, 0.1) is 0 Å².